The predicted octanol–water partition coefficient (Wildman–Crippen LogP) is 1.27. The van der Waals surface area contributed by atoms with Gasteiger partial charge < -0.3 is 9.84 Å². The van der Waals surface area contributed by atoms with Crippen LogP contribution in [0.1, 0.15) is 33.6 Å². The molecule has 1 aliphatic rings. The molecule has 5 nitrogen and oxygen atoms in total. The summed E-state index contributed by atoms with van der Waals surface area (Å²) in [6, 6.07) is 4.22. The summed E-state index contributed by atoms with van der Waals surface area (Å²) in [5, 5.41) is 8.90. The third-order valence-corrected chi connectivity index (χ3v) is 2.32. The van der Waals surface area contributed by atoms with E-state index >= 15 is 0 Å². The van der Waals surface area contributed by atoms with Crippen molar-refractivity contribution < 1.29 is 24.2 Å². The molecule has 0 aliphatic carbocycles. The first-order valence-electron chi connectivity index (χ1n) is 4.70. The van der Waals surface area contributed by atoms with Crippen LogP contribution in [0.25, 0.3) is 0 Å². The normalized spacial score (nSPS) is 15.0. The van der Waals surface area contributed by atoms with E-state index in [2.05, 4.69) is 0 Å². The Labute approximate surface area is 90.6 Å². The number of carbonyl (C=O) groups excluding carboxylic acids is 2. The summed E-state index contributed by atoms with van der Waals surface area (Å²) in [6.07, 6.45) is 0.0292. The number of aromatic carboxylic acids is 1. The Morgan fingerprint density at radius 3 is 2.69 bits per heavy atom. The van der Waals surface area contributed by atoms with Gasteiger partial charge in [0.15, 0.2) is 11.5 Å². The number of carboxylic acid groups (broad SMARTS) is 1. The van der Waals surface area contributed by atoms with Crippen molar-refractivity contribution in [2.45, 2.75) is 12.8 Å². The van der Waals surface area contributed by atoms with Crippen molar-refractivity contribution in [3.63, 3.8) is 0 Å². The third kappa shape index (κ3) is 1.67. The summed E-state index contributed by atoms with van der Waals surface area (Å²) in [6.45, 7) is 0. The Kier molecular flexibility index (Phi) is 2.44. The molecule has 82 valence electrons. The van der Waals surface area contributed by atoms with Crippen LogP contribution in [-0.4, -0.2) is 22.8 Å². The average Bonchev–Trinajstić information content (AvgIpc) is 2.38. The molecule has 0 aromatic heterocycles. The Balaban J connectivity index is 2.63. The van der Waals surface area contributed by atoms with E-state index in [0.717, 1.165) is 0 Å². The molecule has 1 heterocycles. The van der Waals surface area contributed by atoms with Gasteiger partial charge in [-0.3, -0.25) is 9.59 Å². The highest BCUT2D eigenvalue weighted by atomic mass is 16.5. The van der Waals surface area contributed by atoms with Crippen molar-refractivity contribution in [1.29, 1.82) is 0 Å². The molecule has 0 spiro atoms. The standard InChI is InChI=1S/C11H8O5/c12-8-4-5-9(13)16-10-6(8)2-1-3-7(10)11(14)15/h1-3H,4-5H2,(H,14,15). The van der Waals surface area contributed by atoms with Crippen molar-refractivity contribution in [1.82, 2.24) is 0 Å². The second kappa shape index (κ2) is 3.77. The van der Waals surface area contributed by atoms with Crippen LogP contribution < -0.4 is 4.74 Å². The smallest absolute Gasteiger partial charge is 0.339 e. The predicted molar refractivity (Wildman–Crippen MR) is 52.6 cm³/mol. The molecule has 0 radical (unpaired) electrons. The molecule has 1 aromatic carbocycles. The highest BCUT2D eigenvalue weighted by Crippen LogP contribution is 2.28. The number of Topliss-reactive ketones (excluding diaryl/α,β-unsaturated/α-hetero) is 1. The highest BCUT2D eigenvalue weighted by molar-refractivity contribution is 6.06. The third-order valence-electron chi connectivity index (χ3n) is 2.32. The fraction of sp³-hybridized carbons (Fsp3) is 0.182. The zero-order chi connectivity index (χ0) is 11.7. The minimum Gasteiger partial charge on any atom is -0.478 e. The van der Waals surface area contributed by atoms with E-state index in [9.17, 15) is 14.4 Å². The van der Waals surface area contributed by atoms with E-state index in [-0.39, 0.29) is 35.5 Å². The van der Waals surface area contributed by atoms with E-state index in [4.69, 9.17) is 9.84 Å². The van der Waals surface area contributed by atoms with Crippen LogP contribution in [0.15, 0.2) is 18.2 Å². The summed E-state index contributed by atoms with van der Waals surface area (Å²) in [5.74, 6) is -2.22. The quantitative estimate of drug-likeness (QED) is 0.569. The van der Waals surface area contributed by atoms with Crippen molar-refractivity contribution in [2.75, 3.05) is 0 Å². The zero-order valence-corrected chi connectivity index (χ0v) is 8.23. The summed E-state index contributed by atoms with van der Waals surface area (Å²) in [7, 11) is 0. The van der Waals surface area contributed by atoms with E-state index < -0.39 is 11.9 Å². The van der Waals surface area contributed by atoms with Gasteiger partial charge in [-0.05, 0) is 12.1 Å². The zero-order valence-electron chi connectivity index (χ0n) is 8.23. The molecule has 0 unspecified atom stereocenters. The molecule has 1 aliphatic heterocycles. The molecule has 0 bridgehead atoms. The van der Waals surface area contributed by atoms with Gasteiger partial charge in [0.25, 0.3) is 0 Å². The van der Waals surface area contributed by atoms with Gasteiger partial charge in [0.2, 0.25) is 0 Å². The number of benzene rings is 1. The number of hydrogen-bond donors (Lipinski definition) is 1. The molecule has 16 heavy (non-hydrogen) atoms. The van der Waals surface area contributed by atoms with Crippen LogP contribution in [-0.2, 0) is 4.79 Å². The number of esters is 1. The van der Waals surface area contributed by atoms with Gasteiger partial charge in [-0.15, -0.1) is 0 Å². The van der Waals surface area contributed by atoms with Gasteiger partial charge in [-0.1, -0.05) is 6.07 Å². The first-order valence-corrected chi connectivity index (χ1v) is 4.70. The first-order chi connectivity index (χ1) is 7.59. The number of rotatable bonds is 1. The number of para-hydroxylation sites is 1. The molecule has 0 fully saturated rings. The molecule has 5 heteroatoms. The molecule has 1 aromatic rings. The molecule has 1 N–H and O–H groups in total. The minimum absolute atomic E-state index is 0.0213. The van der Waals surface area contributed by atoms with Gasteiger partial charge in [-0.2, -0.15) is 0 Å². The van der Waals surface area contributed by atoms with Gasteiger partial charge in [0.1, 0.15) is 5.56 Å². The van der Waals surface area contributed by atoms with Crippen LogP contribution in [0.3, 0.4) is 0 Å². The van der Waals surface area contributed by atoms with Crippen molar-refractivity contribution in [3.05, 3.63) is 29.3 Å². The fourth-order valence-electron chi connectivity index (χ4n) is 1.55. The van der Waals surface area contributed by atoms with Crippen LogP contribution in [0, 0.1) is 0 Å². The Morgan fingerprint density at radius 1 is 1.25 bits per heavy atom. The Morgan fingerprint density at radius 2 is 2.00 bits per heavy atom. The van der Waals surface area contributed by atoms with E-state index in [0.29, 0.717) is 0 Å². The lowest BCUT2D eigenvalue weighted by Gasteiger charge is -2.07. The topological polar surface area (TPSA) is 80.7 Å². The first kappa shape index (κ1) is 10.4. The van der Waals surface area contributed by atoms with E-state index in [1.165, 1.54) is 18.2 Å². The molecular weight excluding hydrogens is 212 g/mol. The molecular formula is C11H8O5. The molecule has 0 saturated heterocycles. The summed E-state index contributed by atoms with van der Waals surface area (Å²) in [4.78, 5) is 33.7. The lowest BCUT2D eigenvalue weighted by Crippen LogP contribution is -2.09. The number of ether oxygens (including phenoxy) is 1. The van der Waals surface area contributed by atoms with Gasteiger partial charge in [0, 0.05) is 6.42 Å². The molecule has 0 atom stereocenters. The Bertz CT molecular complexity index is 489. The van der Waals surface area contributed by atoms with E-state index in [1.54, 1.807) is 0 Å². The van der Waals surface area contributed by atoms with E-state index in [1.807, 2.05) is 0 Å². The number of fused-ring (bicyclic) bond motifs is 1. The van der Waals surface area contributed by atoms with Crippen LogP contribution in [0.5, 0.6) is 5.75 Å². The lowest BCUT2D eigenvalue weighted by molar-refractivity contribution is -0.134. The Hall–Kier alpha value is -2.17. The maximum absolute atomic E-state index is 11.6. The summed E-state index contributed by atoms with van der Waals surface area (Å²) < 4.78 is 4.88. The largest absolute Gasteiger partial charge is 0.478 e. The second-order valence-corrected chi connectivity index (χ2v) is 3.38. The van der Waals surface area contributed by atoms with Crippen molar-refractivity contribution >= 4 is 17.7 Å². The number of ketones is 1. The van der Waals surface area contributed by atoms with Gasteiger partial charge in [-0.25, -0.2) is 4.79 Å². The van der Waals surface area contributed by atoms with Gasteiger partial charge in [0.05, 0.1) is 12.0 Å². The molecule has 2 rings (SSSR count). The average molecular weight is 220 g/mol. The van der Waals surface area contributed by atoms with Crippen molar-refractivity contribution in [2.24, 2.45) is 0 Å². The highest BCUT2D eigenvalue weighted by Gasteiger charge is 2.25. The SMILES string of the molecule is O=C1CCC(=O)c2cccc(C(=O)O)c2O1. The maximum Gasteiger partial charge on any atom is 0.339 e. The summed E-state index contributed by atoms with van der Waals surface area (Å²) in [5.41, 5.74) is -0.00755. The van der Waals surface area contributed by atoms with Crippen molar-refractivity contribution in [3.8, 4) is 5.75 Å². The molecule has 0 amide bonds. The number of carbonyl (C=O) groups is 3. The fourth-order valence-corrected chi connectivity index (χ4v) is 1.55. The minimum atomic E-state index is -1.22. The lowest BCUT2D eigenvalue weighted by atomic mass is 10.0. The van der Waals surface area contributed by atoms with Crippen LogP contribution in [0.4, 0.5) is 0 Å². The van der Waals surface area contributed by atoms with Gasteiger partial charge >= 0.3 is 11.9 Å². The molecule has 0 saturated carbocycles. The monoisotopic (exact) mass is 220 g/mol. The maximum atomic E-state index is 11.6. The summed E-state index contributed by atoms with van der Waals surface area (Å²) >= 11 is 0. The van der Waals surface area contributed by atoms with Crippen LogP contribution in [0.2, 0.25) is 0 Å². The second-order valence-electron chi connectivity index (χ2n) is 3.38. The number of hydrogen-bond acceptors (Lipinski definition) is 4. The number of carboxylic acids is 1. The van der Waals surface area contributed by atoms with Crippen LogP contribution >= 0.6 is 0 Å².